The van der Waals surface area contributed by atoms with E-state index in [4.69, 9.17) is 0 Å². The highest BCUT2D eigenvalue weighted by Crippen LogP contribution is 2.31. The summed E-state index contributed by atoms with van der Waals surface area (Å²) >= 11 is 1.21. The van der Waals surface area contributed by atoms with Crippen LogP contribution >= 0.6 is 11.3 Å². The molecule has 25 heavy (non-hydrogen) atoms. The van der Waals surface area contributed by atoms with Crippen LogP contribution in [0.3, 0.4) is 0 Å². The molecule has 1 amide bonds. The predicted octanol–water partition coefficient (Wildman–Crippen LogP) is 3.41. The molecule has 0 saturated carbocycles. The van der Waals surface area contributed by atoms with E-state index >= 15 is 0 Å². The van der Waals surface area contributed by atoms with E-state index in [1.165, 1.54) is 11.3 Å². The van der Waals surface area contributed by atoms with Gasteiger partial charge < -0.3 is 10.4 Å². The maximum atomic E-state index is 12.5. The molecule has 0 aliphatic rings. The molecule has 124 valence electrons. The Morgan fingerprint density at radius 1 is 1.08 bits per heavy atom. The maximum absolute atomic E-state index is 12.5. The van der Waals surface area contributed by atoms with Crippen molar-refractivity contribution >= 4 is 44.2 Å². The highest BCUT2D eigenvalue weighted by Gasteiger charge is 2.19. The van der Waals surface area contributed by atoms with Gasteiger partial charge >= 0.3 is 5.97 Å². The molecule has 2 aromatic heterocycles. The number of fused-ring (bicyclic) bond motifs is 2. The van der Waals surface area contributed by atoms with Crippen LogP contribution in [-0.2, 0) is 6.54 Å². The van der Waals surface area contributed by atoms with Crippen molar-refractivity contribution in [1.29, 1.82) is 0 Å². The lowest BCUT2D eigenvalue weighted by Gasteiger charge is -2.04. The lowest BCUT2D eigenvalue weighted by molar-refractivity contribution is 0.0700. The van der Waals surface area contributed by atoms with Gasteiger partial charge in [0, 0.05) is 22.2 Å². The third kappa shape index (κ3) is 2.64. The van der Waals surface area contributed by atoms with Crippen molar-refractivity contribution in [3.8, 4) is 0 Å². The van der Waals surface area contributed by atoms with Gasteiger partial charge in [0.1, 0.15) is 4.88 Å². The third-order valence-corrected chi connectivity index (χ3v) is 5.20. The van der Waals surface area contributed by atoms with Gasteiger partial charge in [0.2, 0.25) is 0 Å². The van der Waals surface area contributed by atoms with E-state index in [1.807, 2.05) is 48.5 Å². The molecule has 0 aliphatic carbocycles. The molecule has 0 radical (unpaired) electrons. The summed E-state index contributed by atoms with van der Waals surface area (Å²) in [6.07, 6.45) is 0. The third-order valence-electron chi connectivity index (χ3n) is 4.00. The van der Waals surface area contributed by atoms with Crippen LogP contribution < -0.4 is 5.32 Å². The molecule has 2 heterocycles. The Morgan fingerprint density at radius 2 is 1.80 bits per heavy atom. The summed E-state index contributed by atoms with van der Waals surface area (Å²) in [5.74, 6) is -1.33. The lowest BCUT2D eigenvalue weighted by atomic mass is 10.1. The molecule has 2 aromatic carbocycles. The number of aromatic amines is 1. The number of H-pyrrole nitrogens is 1. The first-order chi connectivity index (χ1) is 12.1. The molecule has 0 atom stereocenters. The summed E-state index contributed by atoms with van der Waals surface area (Å²) in [4.78, 5) is 24.3. The van der Waals surface area contributed by atoms with Crippen LogP contribution in [0.25, 0.3) is 21.0 Å². The molecule has 7 heteroatoms. The van der Waals surface area contributed by atoms with Gasteiger partial charge in [0.15, 0.2) is 5.69 Å². The molecule has 3 N–H and O–H groups in total. The Balaban J connectivity index is 1.65. The molecule has 0 fully saturated rings. The van der Waals surface area contributed by atoms with Gasteiger partial charge in [-0.3, -0.25) is 9.89 Å². The monoisotopic (exact) mass is 351 g/mol. The van der Waals surface area contributed by atoms with E-state index in [1.54, 1.807) is 0 Å². The molecular weight excluding hydrogens is 338 g/mol. The average Bonchev–Trinajstić information content (AvgIpc) is 3.21. The fraction of sp³-hybridized carbons (Fsp3) is 0.0556. The summed E-state index contributed by atoms with van der Waals surface area (Å²) in [5, 5.41) is 20.7. The number of carbonyl (C=O) groups excluding carboxylic acids is 1. The summed E-state index contributed by atoms with van der Waals surface area (Å²) in [7, 11) is 0. The molecular formula is C18H13N3O3S. The SMILES string of the molecule is O=C(O)c1sc2ccccc2c1CNC(=O)c1n[nH]c2ccccc12. The number of para-hydroxylation sites is 1. The second-order valence-corrected chi connectivity index (χ2v) is 6.56. The molecule has 0 saturated heterocycles. The highest BCUT2D eigenvalue weighted by atomic mass is 32.1. The lowest BCUT2D eigenvalue weighted by Crippen LogP contribution is -2.24. The van der Waals surface area contributed by atoms with E-state index in [-0.39, 0.29) is 17.3 Å². The maximum Gasteiger partial charge on any atom is 0.346 e. The van der Waals surface area contributed by atoms with Crippen LogP contribution in [0, 0.1) is 0 Å². The number of amides is 1. The second-order valence-electron chi connectivity index (χ2n) is 5.51. The summed E-state index contributed by atoms with van der Waals surface area (Å²) < 4.78 is 0.884. The molecule has 0 spiro atoms. The van der Waals surface area contributed by atoms with Crippen LogP contribution in [0.1, 0.15) is 25.7 Å². The zero-order valence-electron chi connectivity index (χ0n) is 12.9. The molecule has 4 aromatic rings. The normalized spacial score (nSPS) is 11.0. The highest BCUT2D eigenvalue weighted by molar-refractivity contribution is 7.21. The minimum Gasteiger partial charge on any atom is -0.477 e. The van der Waals surface area contributed by atoms with Crippen molar-refractivity contribution in [3.63, 3.8) is 0 Å². The minimum absolute atomic E-state index is 0.131. The number of hydrogen-bond donors (Lipinski definition) is 3. The van der Waals surface area contributed by atoms with Gasteiger partial charge in [-0.2, -0.15) is 5.10 Å². The number of carboxylic acid groups (broad SMARTS) is 1. The Bertz CT molecular complexity index is 1110. The van der Waals surface area contributed by atoms with E-state index in [2.05, 4.69) is 15.5 Å². The van der Waals surface area contributed by atoms with Crippen molar-refractivity contribution in [1.82, 2.24) is 15.5 Å². The minimum atomic E-state index is -0.990. The molecule has 0 unspecified atom stereocenters. The Morgan fingerprint density at radius 3 is 2.60 bits per heavy atom. The fourth-order valence-electron chi connectivity index (χ4n) is 2.84. The Kier molecular flexibility index (Phi) is 3.70. The van der Waals surface area contributed by atoms with E-state index < -0.39 is 5.97 Å². The van der Waals surface area contributed by atoms with Gasteiger partial charge in [0.25, 0.3) is 5.91 Å². The summed E-state index contributed by atoms with van der Waals surface area (Å²) in [6, 6.07) is 14.8. The van der Waals surface area contributed by atoms with Crippen LogP contribution in [0.2, 0.25) is 0 Å². The number of nitrogens with zero attached hydrogens (tertiary/aromatic N) is 1. The van der Waals surface area contributed by atoms with Crippen LogP contribution in [0.5, 0.6) is 0 Å². The van der Waals surface area contributed by atoms with Crippen molar-refractivity contribution in [2.24, 2.45) is 0 Å². The van der Waals surface area contributed by atoms with E-state index in [0.29, 0.717) is 11.3 Å². The quantitative estimate of drug-likeness (QED) is 0.525. The largest absolute Gasteiger partial charge is 0.477 e. The van der Waals surface area contributed by atoms with Gasteiger partial charge in [0.05, 0.1) is 5.52 Å². The average molecular weight is 351 g/mol. The summed E-state index contributed by atoms with van der Waals surface area (Å²) in [6.45, 7) is 0.131. The number of benzene rings is 2. The molecule has 4 rings (SSSR count). The van der Waals surface area contributed by atoms with Gasteiger partial charge in [-0.25, -0.2) is 4.79 Å². The number of aromatic carboxylic acids is 1. The predicted molar refractivity (Wildman–Crippen MR) is 96.0 cm³/mol. The number of carbonyl (C=O) groups is 2. The van der Waals surface area contributed by atoms with Gasteiger partial charge in [-0.05, 0) is 17.5 Å². The van der Waals surface area contributed by atoms with Crippen molar-refractivity contribution in [2.45, 2.75) is 6.54 Å². The van der Waals surface area contributed by atoms with Crippen LogP contribution in [0.4, 0.5) is 0 Å². The molecule has 0 aliphatic heterocycles. The first-order valence-electron chi connectivity index (χ1n) is 7.60. The van der Waals surface area contributed by atoms with Crippen molar-refractivity contribution in [3.05, 3.63) is 64.7 Å². The second kappa shape index (κ2) is 6.03. The Labute approximate surface area is 146 Å². The number of aromatic nitrogens is 2. The van der Waals surface area contributed by atoms with Crippen LogP contribution in [0.15, 0.2) is 48.5 Å². The molecule has 0 bridgehead atoms. The number of nitrogens with one attached hydrogen (secondary N) is 2. The number of thiophene rings is 1. The van der Waals surface area contributed by atoms with Crippen LogP contribution in [-0.4, -0.2) is 27.2 Å². The van der Waals surface area contributed by atoms with Crippen molar-refractivity contribution in [2.75, 3.05) is 0 Å². The topological polar surface area (TPSA) is 95.1 Å². The van der Waals surface area contributed by atoms with Gasteiger partial charge in [-0.15, -0.1) is 11.3 Å². The number of carboxylic acids is 1. The van der Waals surface area contributed by atoms with Gasteiger partial charge in [-0.1, -0.05) is 36.4 Å². The Hall–Kier alpha value is -3.19. The smallest absolute Gasteiger partial charge is 0.346 e. The number of hydrogen-bond acceptors (Lipinski definition) is 4. The fourth-order valence-corrected chi connectivity index (χ4v) is 3.90. The first kappa shape index (κ1) is 15.3. The van der Waals surface area contributed by atoms with Crippen molar-refractivity contribution < 1.29 is 14.7 Å². The zero-order valence-corrected chi connectivity index (χ0v) is 13.8. The van der Waals surface area contributed by atoms with E-state index in [0.717, 1.165) is 21.0 Å². The first-order valence-corrected chi connectivity index (χ1v) is 8.42. The molecule has 6 nitrogen and oxygen atoms in total. The zero-order chi connectivity index (χ0) is 17.4. The standard InChI is InChI=1S/C18H13N3O3S/c22-17(15-11-6-1-3-7-13(11)20-21-15)19-9-12-10-5-2-4-8-14(10)25-16(12)18(23)24/h1-8H,9H2,(H,19,22)(H,20,21)(H,23,24). The van der Waals surface area contributed by atoms with E-state index in [9.17, 15) is 14.7 Å². The summed E-state index contributed by atoms with van der Waals surface area (Å²) in [5.41, 5.74) is 1.69. The number of rotatable bonds is 4.